The first-order chi connectivity index (χ1) is 13.6. The third-order valence-corrected chi connectivity index (χ3v) is 6.46. The van der Waals surface area contributed by atoms with Crippen LogP contribution in [-0.4, -0.2) is 41.7 Å². The summed E-state index contributed by atoms with van der Waals surface area (Å²) in [6, 6.07) is 0. The lowest BCUT2D eigenvalue weighted by Crippen LogP contribution is -2.59. The van der Waals surface area contributed by atoms with E-state index in [2.05, 4.69) is 40.5 Å². The molecule has 2 amide bonds. The van der Waals surface area contributed by atoms with Gasteiger partial charge in [0.2, 0.25) is 23.7 Å². The van der Waals surface area contributed by atoms with Crippen molar-refractivity contribution in [3.05, 3.63) is 25.3 Å². The van der Waals surface area contributed by atoms with Crippen molar-refractivity contribution in [1.29, 1.82) is 0 Å². The molecule has 0 spiro atoms. The van der Waals surface area contributed by atoms with Gasteiger partial charge in [0.05, 0.1) is 10.8 Å². The van der Waals surface area contributed by atoms with E-state index in [9.17, 15) is 9.59 Å². The van der Waals surface area contributed by atoms with E-state index in [1.165, 1.54) is 25.3 Å². The third kappa shape index (κ3) is 2.79. The maximum Gasteiger partial charge on any atom is 0.233 e. The Kier molecular flexibility index (Phi) is 3.81. The van der Waals surface area contributed by atoms with Crippen molar-refractivity contribution in [2.24, 2.45) is 22.7 Å². The number of hydrogen-bond acceptors (Lipinski definition) is 8. The Labute approximate surface area is 161 Å². The fourth-order valence-electron chi connectivity index (χ4n) is 5.87. The number of nitrogens with zero attached hydrogens (tertiary/aromatic N) is 6. The molecule has 0 unspecified atom stereocenters. The zero-order valence-corrected chi connectivity index (χ0v) is 15.2. The van der Waals surface area contributed by atoms with Crippen LogP contribution in [0.15, 0.2) is 25.3 Å². The lowest BCUT2D eigenvalue weighted by molar-refractivity contribution is -0.161. The first-order valence-electron chi connectivity index (χ1n) is 9.44. The first kappa shape index (κ1) is 17.1. The summed E-state index contributed by atoms with van der Waals surface area (Å²) in [5, 5.41) is 5.68. The van der Waals surface area contributed by atoms with Gasteiger partial charge in [-0.3, -0.25) is 20.2 Å². The predicted octanol–water partition coefficient (Wildman–Crippen LogP) is 1.22. The highest BCUT2D eigenvalue weighted by molar-refractivity contribution is 5.98. The Morgan fingerprint density at radius 3 is 1.54 bits per heavy atom. The molecule has 0 radical (unpaired) electrons. The molecule has 2 heterocycles. The smallest absolute Gasteiger partial charge is 0.233 e. The fraction of sp³-hybridized carbons (Fsp3) is 0.556. The van der Waals surface area contributed by atoms with E-state index < -0.39 is 10.8 Å². The highest BCUT2D eigenvalue weighted by Crippen LogP contribution is 2.65. The lowest BCUT2D eigenvalue weighted by atomic mass is 9.43. The van der Waals surface area contributed by atoms with Crippen molar-refractivity contribution >= 4 is 23.7 Å². The van der Waals surface area contributed by atoms with E-state index in [0.29, 0.717) is 18.3 Å². The number of nitrogens with one attached hydrogen (secondary N) is 2. The molecule has 6 rings (SSSR count). The van der Waals surface area contributed by atoms with E-state index in [-0.39, 0.29) is 23.7 Å². The number of amides is 2. The number of aromatic nitrogens is 6. The third-order valence-electron chi connectivity index (χ3n) is 6.46. The Morgan fingerprint density at radius 1 is 0.750 bits per heavy atom. The number of hydrogen-bond donors (Lipinski definition) is 2. The van der Waals surface area contributed by atoms with E-state index in [0.717, 1.165) is 32.1 Å². The predicted molar refractivity (Wildman–Crippen MR) is 96.5 cm³/mol. The molecule has 4 aliphatic rings. The molecule has 10 nitrogen and oxygen atoms in total. The van der Waals surface area contributed by atoms with Crippen LogP contribution in [0.4, 0.5) is 11.9 Å². The molecule has 4 bridgehead atoms. The maximum atomic E-state index is 13.2. The average molecular weight is 380 g/mol. The van der Waals surface area contributed by atoms with Gasteiger partial charge in [0.25, 0.3) is 0 Å². The standard InChI is InChI=1S/C18H20N8O2/c27-13(25-15-21-7-19-8-22-15)17-2-11-1-12(4-17)5-18(3-11,6-17)14(28)26-16-23-9-20-10-24-16/h7-12H,1-6H2,(H,19,21,22,25,27)(H,20,23,24,26,28). The Bertz CT molecular complexity index is 821. The monoisotopic (exact) mass is 380 g/mol. The Balaban J connectivity index is 1.41. The SMILES string of the molecule is O=C(Nc1ncncn1)C12CC3CC(C1)CC(C(=O)Nc1ncncn1)(C3)C2. The van der Waals surface area contributed by atoms with E-state index in [4.69, 9.17) is 0 Å². The minimum Gasteiger partial charge on any atom is -0.294 e. The largest absolute Gasteiger partial charge is 0.294 e. The van der Waals surface area contributed by atoms with Gasteiger partial charge in [0, 0.05) is 0 Å². The van der Waals surface area contributed by atoms with Crippen LogP contribution in [0.1, 0.15) is 38.5 Å². The summed E-state index contributed by atoms with van der Waals surface area (Å²) in [5.41, 5.74) is -1.12. The Hall–Kier alpha value is -3.04. The second kappa shape index (κ2) is 6.25. The topological polar surface area (TPSA) is 136 Å². The molecule has 0 atom stereocenters. The van der Waals surface area contributed by atoms with Crippen molar-refractivity contribution in [2.75, 3.05) is 10.6 Å². The molecular formula is C18H20N8O2. The molecule has 0 aromatic carbocycles. The highest BCUT2D eigenvalue weighted by Gasteiger charge is 2.63. The second-order valence-electron chi connectivity index (χ2n) is 8.35. The molecule has 28 heavy (non-hydrogen) atoms. The molecule has 4 aliphatic carbocycles. The Morgan fingerprint density at radius 2 is 1.14 bits per heavy atom. The molecule has 0 saturated heterocycles. The van der Waals surface area contributed by atoms with Crippen molar-refractivity contribution < 1.29 is 9.59 Å². The van der Waals surface area contributed by atoms with Gasteiger partial charge in [-0.25, -0.2) is 29.9 Å². The van der Waals surface area contributed by atoms with Gasteiger partial charge in [-0.1, -0.05) is 0 Å². The number of anilines is 2. The van der Waals surface area contributed by atoms with Gasteiger partial charge in [-0.05, 0) is 50.4 Å². The number of carbonyl (C=O) groups excluding carboxylic acids is 2. The highest BCUT2D eigenvalue weighted by atomic mass is 16.2. The molecule has 2 N–H and O–H groups in total. The van der Waals surface area contributed by atoms with Crippen molar-refractivity contribution in [1.82, 2.24) is 29.9 Å². The molecule has 4 saturated carbocycles. The van der Waals surface area contributed by atoms with Crippen molar-refractivity contribution in [2.45, 2.75) is 38.5 Å². The summed E-state index contributed by atoms with van der Waals surface area (Å²) in [6.07, 6.45) is 10.3. The summed E-state index contributed by atoms with van der Waals surface area (Å²) in [6.45, 7) is 0. The van der Waals surface area contributed by atoms with E-state index >= 15 is 0 Å². The summed E-state index contributed by atoms with van der Waals surface area (Å²) in [7, 11) is 0. The molecule has 2 aromatic rings. The molecule has 2 aromatic heterocycles. The molecular weight excluding hydrogens is 360 g/mol. The summed E-state index contributed by atoms with van der Waals surface area (Å²) >= 11 is 0. The van der Waals surface area contributed by atoms with Gasteiger partial charge in [0.1, 0.15) is 25.3 Å². The van der Waals surface area contributed by atoms with Crippen LogP contribution in [0.25, 0.3) is 0 Å². The van der Waals surface area contributed by atoms with Crippen LogP contribution in [0.3, 0.4) is 0 Å². The van der Waals surface area contributed by atoms with E-state index in [1.54, 1.807) is 0 Å². The summed E-state index contributed by atoms with van der Waals surface area (Å²) in [4.78, 5) is 50.0. The normalized spacial score (nSPS) is 32.7. The van der Waals surface area contributed by atoms with Gasteiger partial charge in [-0.15, -0.1) is 0 Å². The minimum absolute atomic E-state index is 0.0925. The van der Waals surface area contributed by atoms with Crippen LogP contribution in [0, 0.1) is 22.7 Å². The van der Waals surface area contributed by atoms with Gasteiger partial charge >= 0.3 is 0 Å². The van der Waals surface area contributed by atoms with Gasteiger partial charge in [-0.2, -0.15) is 0 Å². The summed E-state index contributed by atoms with van der Waals surface area (Å²) in [5.74, 6) is 1.05. The van der Waals surface area contributed by atoms with Crippen molar-refractivity contribution in [3.63, 3.8) is 0 Å². The first-order valence-corrected chi connectivity index (χ1v) is 9.44. The fourth-order valence-corrected chi connectivity index (χ4v) is 5.87. The quantitative estimate of drug-likeness (QED) is 0.808. The zero-order valence-electron chi connectivity index (χ0n) is 15.2. The van der Waals surface area contributed by atoms with Crippen LogP contribution in [0.5, 0.6) is 0 Å². The van der Waals surface area contributed by atoms with Crippen LogP contribution in [-0.2, 0) is 9.59 Å². The molecule has 0 aliphatic heterocycles. The van der Waals surface area contributed by atoms with Gasteiger partial charge < -0.3 is 0 Å². The average Bonchev–Trinajstić information content (AvgIpc) is 2.68. The summed E-state index contributed by atoms with van der Waals surface area (Å²) < 4.78 is 0. The minimum atomic E-state index is -0.562. The van der Waals surface area contributed by atoms with Crippen LogP contribution < -0.4 is 10.6 Å². The molecule has 4 fully saturated rings. The molecule has 10 heteroatoms. The molecule has 144 valence electrons. The number of rotatable bonds is 4. The van der Waals surface area contributed by atoms with Crippen LogP contribution >= 0.6 is 0 Å². The second-order valence-corrected chi connectivity index (χ2v) is 8.35. The van der Waals surface area contributed by atoms with E-state index in [1.807, 2.05) is 0 Å². The van der Waals surface area contributed by atoms with Crippen LogP contribution in [0.2, 0.25) is 0 Å². The zero-order chi connectivity index (χ0) is 19.2. The lowest BCUT2D eigenvalue weighted by Gasteiger charge is -2.60. The number of carbonyl (C=O) groups is 2. The van der Waals surface area contributed by atoms with Crippen molar-refractivity contribution in [3.8, 4) is 0 Å². The van der Waals surface area contributed by atoms with Gasteiger partial charge in [0.15, 0.2) is 0 Å². The maximum absolute atomic E-state index is 13.2.